The van der Waals surface area contributed by atoms with Crippen LogP contribution < -0.4 is 14.2 Å². The number of rotatable bonds is 8. The molecule has 0 radical (unpaired) electrons. The largest absolute Gasteiger partial charge is 0.497 e. The molecule has 146 valence electrons. The Morgan fingerprint density at radius 3 is 2.36 bits per heavy atom. The maximum atomic E-state index is 12.4. The molecule has 0 saturated heterocycles. The highest BCUT2D eigenvalue weighted by Crippen LogP contribution is 2.27. The van der Waals surface area contributed by atoms with Crippen molar-refractivity contribution in [2.75, 3.05) is 27.9 Å². The van der Waals surface area contributed by atoms with E-state index in [2.05, 4.69) is 0 Å². The average molecular weight is 384 g/mol. The number of fused-ring (bicyclic) bond motifs is 1. The third-order valence-corrected chi connectivity index (χ3v) is 4.27. The number of hydrogen-bond acceptors (Lipinski definition) is 7. The molecule has 0 unspecified atom stereocenters. The van der Waals surface area contributed by atoms with E-state index >= 15 is 0 Å². The molecular formula is C21H20O7. The standard InChI is InChI=1S/C21H20O7/c1-24-14-5-7-17(19(9-14)26-3)18(22)12-28-21(23)8-13-11-27-20-10-15(25-2)4-6-16(13)20/h4-7,9-11H,8,12H2,1-3H3. The van der Waals surface area contributed by atoms with Crippen LogP contribution in [-0.2, 0) is 16.0 Å². The second-order valence-electron chi connectivity index (χ2n) is 5.95. The van der Waals surface area contributed by atoms with Crippen molar-refractivity contribution in [1.82, 2.24) is 0 Å². The van der Waals surface area contributed by atoms with E-state index in [1.165, 1.54) is 20.5 Å². The Bertz CT molecular complexity index is 1000. The minimum Gasteiger partial charge on any atom is -0.497 e. The summed E-state index contributed by atoms with van der Waals surface area (Å²) < 4.78 is 26.1. The van der Waals surface area contributed by atoms with E-state index in [1.807, 2.05) is 6.07 Å². The summed E-state index contributed by atoms with van der Waals surface area (Å²) in [6.07, 6.45) is 1.49. The van der Waals surface area contributed by atoms with Gasteiger partial charge in [-0.15, -0.1) is 0 Å². The van der Waals surface area contributed by atoms with Gasteiger partial charge in [-0.1, -0.05) is 0 Å². The number of carbonyl (C=O) groups is 2. The number of methoxy groups -OCH3 is 3. The van der Waals surface area contributed by atoms with E-state index in [0.717, 1.165) is 5.39 Å². The summed E-state index contributed by atoms with van der Waals surface area (Å²) in [5.41, 5.74) is 1.61. The second-order valence-corrected chi connectivity index (χ2v) is 5.95. The fourth-order valence-corrected chi connectivity index (χ4v) is 2.79. The van der Waals surface area contributed by atoms with Crippen LogP contribution in [0.15, 0.2) is 47.1 Å². The number of ketones is 1. The first-order chi connectivity index (χ1) is 13.5. The van der Waals surface area contributed by atoms with Gasteiger partial charge in [0.1, 0.15) is 22.8 Å². The van der Waals surface area contributed by atoms with Gasteiger partial charge < -0.3 is 23.4 Å². The molecule has 0 aliphatic heterocycles. The summed E-state index contributed by atoms with van der Waals surface area (Å²) in [5.74, 6) is 0.688. The smallest absolute Gasteiger partial charge is 0.310 e. The molecule has 0 aliphatic carbocycles. The van der Waals surface area contributed by atoms with E-state index in [9.17, 15) is 9.59 Å². The molecule has 2 aromatic carbocycles. The molecule has 0 spiro atoms. The molecular weight excluding hydrogens is 364 g/mol. The van der Waals surface area contributed by atoms with Crippen LogP contribution in [0.1, 0.15) is 15.9 Å². The minimum absolute atomic E-state index is 0.00758. The topological polar surface area (TPSA) is 84.2 Å². The van der Waals surface area contributed by atoms with E-state index in [1.54, 1.807) is 37.4 Å². The van der Waals surface area contributed by atoms with Gasteiger partial charge >= 0.3 is 5.97 Å². The van der Waals surface area contributed by atoms with Crippen molar-refractivity contribution < 1.29 is 33.0 Å². The molecule has 0 aliphatic rings. The van der Waals surface area contributed by atoms with Crippen LogP contribution in [0.3, 0.4) is 0 Å². The number of furan rings is 1. The number of ether oxygens (including phenoxy) is 4. The maximum absolute atomic E-state index is 12.4. The first-order valence-electron chi connectivity index (χ1n) is 8.50. The van der Waals surface area contributed by atoms with Gasteiger partial charge in [-0.05, 0) is 24.3 Å². The Balaban J connectivity index is 1.64. The third-order valence-electron chi connectivity index (χ3n) is 4.27. The molecule has 7 heteroatoms. The fourth-order valence-electron chi connectivity index (χ4n) is 2.79. The zero-order valence-electron chi connectivity index (χ0n) is 15.8. The first kappa shape index (κ1) is 19.3. The predicted molar refractivity (Wildman–Crippen MR) is 101 cm³/mol. The highest BCUT2D eigenvalue weighted by Gasteiger charge is 2.17. The summed E-state index contributed by atoms with van der Waals surface area (Å²) in [5, 5.41) is 0.793. The molecule has 1 heterocycles. The number of hydrogen-bond donors (Lipinski definition) is 0. The van der Waals surface area contributed by atoms with Crippen LogP contribution in [0.2, 0.25) is 0 Å². The lowest BCUT2D eigenvalue weighted by atomic mass is 10.1. The second kappa shape index (κ2) is 8.47. The SMILES string of the molecule is COc1ccc(C(=O)COC(=O)Cc2coc3cc(OC)ccc23)c(OC)c1. The van der Waals surface area contributed by atoms with Crippen molar-refractivity contribution in [3.63, 3.8) is 0 Å². The van der Waals surface area contributed by atoms with Crippen LogP contribution in [0, 0.1) is 0 Å². The van der Waals surface area contributed by atoms with Gasteiger partial charge in [0.15, 0.2) is 6.61 Å². The lowest BCUT2D eigenvalue weighted by Gasteiger charge is -2.10. The van der Waals surface area contributed by atoms with Gasteiger partial charge in [-0.25, -0.2) is 0 Å². The van der Waals surface area contributed by atoms with Crippen molar-refractivity contribution >= 4 is 22.7 Å². The van der Waals surface area contributed by atoms with Crippen LogP contribution in [-0.4, -0.2) is 39.7 Å². The Morgan fingerprint density at radius 2 is 1.64 bits per heavy atom. The summed E-state index contributed by atoms with van der Waals surface area (Å²) >= 11 is 0. The molecule has 0 atom stereocenters. The highest BCUT2D eigenvalue weighted by molar-refractivity contribution is 6.00. The number of Topliss-reactive ketones (excluding diaryl/α,β-unsaturated/α-hetero) is 1. The quantitative estimate of drug-likeness (QED) is 0.434. The normalized spacial score (nSPS) is 10.5. The molecule has 0 N–H and O–H groups in total. The zero-order chi connectivity index (χ0) is 20.1. The average Bonchev–Trinajstić information content (AvgIpc) is 3.13. The Morgan fingerprint density at radius 1 is 0.929 bits per heavy atom. The van der Waals surface area contributed by atoms with E-state index in [4.69, 9.17) is 23.4 Å². The van der Waals surface area contributed by atoms with Gasteiger partial charge in [-0.2, -0.15) is 0 Å². The van der Waals surface area contributed by atoms with E-state index in [-0.39, 0.29) is 18.8 Å². The van der Waals surface area contributed by atoms with E-state index < -0.39 is 5.97 Å². The van der Waals surface area contributed by atoms with Crippen molar-refractivity contribution in [2.24, 2.45) is 0 Å². The van der Waals surface area contributed by atoms with Crippen LogP contribution >= 0.6 is 0 Å². The summed E-state index contributed by atoms with van der Waals surface area (Å²) in [6.45, 7) is -0.384. The molecule has 28 heavy (non-hydrogen) atoms. The summed E-state index contributed by atoms with van der Waals surface area (Å²) in [6, 6.07) is 10.2. The lowest BCUT2D eigenvalue weighted by molar-refractivity contribution is -0.141. The van der Waals surface area contributed by atoms with E-state index in [0.29, 0.717) is 34.0 Å². The van der Waals surface area contributed by atoms with Gasteiger partial charge in [0, 0.05) is 23.1 Å². The van der Waals surface area contributed by atoms with Gasteiger partial charge in [0.25, 0.3) is 0 Å². The lowest BCUT2D eigenvalue weighted by Crippen LogP contribution is -2.16. The Kier molecular flexibility index (Phi) is 5.84. The number of esters is 1. The maximum Gasteiger partial charge on any atom is 0.310 e. The molecule has 0 fully saturated rings. The minimum atomic E-state index is -0.528. The summed E-state index contributed by atoms with van der Waals surface area (Å²) in [4.78, 5) is 24.6. The zero-order valence-corrected chi connectivity index (χ0v) is 15.8. The van der Waals surface area contributed by atoms with Crippen LogP contribution in [0.25, 0.3) is 11.0 Å². The molecule has 3 rings (SSSR count). The predicted octanol–water partition coefficient (Wildman–Crippen LogP) is 3.43. The molecule has 0 bridgehead atoms. The highest BCUT2D eigenvalue weighted by atomic mass is 16.5. The molecule has 3 aromatic rings. The molecule has 1 aromatic heterocycles. The van der Waals surface area contributed by atoms with Crippen LogP contribution in [0.5, 0.6) is 17.2 Å². The van der Waals surface area contributed by atoms with Crippen molar-refractivity contribution in [1.29, 1.82) is 0 Å². The van der Waals surface area contributed by atoms with Gasteiger partial charge in [-0.3, -0.25) is 9.59 Å². The summed E-state index contributed by atoms with van der Waals surface area (Å²) in [7, 11) is 4.54. The monoisotopic (exact) mass is 384 g/mol. The van der Waals surface area contributed by atoms with Gasteiger partial charge in [0.05, 0.1) is 39.6 Å². The molecule has 0 saturated carbocycles. The number of benzene rings is 2. The fraction of sp³-hybridized carbons (Fsp3) is 0.238. The Labute approximate surface area is 161 Å². The Hall–Kier alpha value is -3.48. The third kappa shape index (κ3) is 4.09. The van der Waals surface area contributed by atoms with Crippen molar-refractivity contribution in [3.05, 3.63) is 53.8 Å². The molecule has 0 amide bonds. The first-order valence-corrected chi connectivity index (χ1v) is 8.50. The number of carbonyl (C=O) groups excluding carboxylic acids is 2. The van der Waals surface area contributed by atoms with Gasteiger partial charge in [0.2, 0.25) is 5.78 Å². The molecule has 7 nitrogen and oxygen atoms in total. The van der Waals surface area contributed by atoms with Crippen LogP contribution in [0.4, 0.5) is 0 Å². The van der Waals surface area contributed by atoms with Crippen molar-refractivity contribution in [2.45, 2.75) is 6.42 Å². The van der Waals surface area contributed by atoms with Crippen molar-refractivity contribution in [3.8, 4) is 17.2 Å².